The standard InChI is InChI=1S/C20H17ClN4O2S2/c1-12-4-2-5-13-18(12)22-11-25(19(13)27)9-3-6-17(26)24-20-23-14(10-28-20)15-7-8-16(21)29-15/h2,4-5,7-8,10-11H,3,6,9H2,1H3,(H,23,24,26). The number of thiophene rings is 1. The lowest BCUT2D eigenvalue weighted by molar-refractivity contribution is -0.116. The van der Waals surface area contributed by atoms with Crippen LogP contribution in [0.1, 0.15) is 18.4 Å². The number of benzene rings is 1. The van der Waals surface area contributed by atoms with Crippen LogP contribution in [0.25, 0.3) is 21.5 Å². The van der Waals surface area contributed by atoms with E-state index in [-0.39, 0.29) is 17.9 Å². The van der Waals surface area contributed by atoms with Gasteiger partial charge >= 0.3 is 0 Å². The van der Waals surface area contributed by atoms with E-state index < -0.39 is 0 Å². The lowest BCUT2D eigenvalue weighted by atomic mass is 10.1. The smallest absolute Gasteiger partial charge is 0.261 e. The first-order valence-electron chi connectivity index (χ1n) is 8.97. The summed E-state index contributed by atoms with van der Waals surface area (Å²) in [5, 5.41) is 5.85. The zero-order chi connectivity index (χ0) is 20.4. The number of nitrogens with zero attached hydrogens (tertiary/aromatic N) is 3. The maximum atomic E-state index is 12.6. The van der Waals surface area contributed by atoms with Crippen LogP contribution in [-0.4, -0.2) is 20.4 Å². The predicted molar refractivity (Wildman–Crippen MR) is 119 cm³/mol. The Kier molecular flexibility index (Phi) is 5.75. The number of carbonyl (C=O) groups is 1. The van der Waals surface area contributed by atoms with Crippen LogP contribution in [-0.2, 0) is 11.3 Å². The first-order chi connectivity index (χ1) is 14.0. The fraction of sp³-hybridized carbons (Fsp3) is 0.200. The molecule has 0 aliphatic heterocycles. The maximum Gasteiger partial charge on any atom is 0.261 e. The molecule has 0 saturated carbocycles. The highest BCUT2D eigenvalue weighted by molar-refractivity contribution is 7.20. The van der Waals surface area contributed by atoms with Gasteiger partial charge in [-0.2, -0.15) is 0 Å². The molecule has 6 nitrogen and oxygen atoms in total. The molecule has 29 heavy (non-hydrogen) atoms. The fourth-order valence-electron chi connectivity index (χ4n) is 2.98. The van der Waals surface area contributed by atoms with E-state index in [1.807, 2.05) is 36.6 Å². The summed E-state index contributed by atoms with van der Waals surface area (Å²) in [6.07, 6.45) is 2.37. The summed E-state index contributed by atoms with van der Waals surface area (Å²) in [5.41, 5.74) is 2.40. The second-order valence-electron chi connectivity index (χ2n) is 6.51. The van der Waals surface area contributed by atoms with Gasteiger partial charge in [-0.05, 0) is 37.1 Å². The lowest BCUT2D eigenvalue weighted by Gasteiger charge is -2.07. The molecule has 0 aliphatic rings. The Morgan fingerprint density at radius 3 is 2.93 bits per heavy atom. The molecule has 3 heterocycles. The van der Waals surface area contributed by atoms with Gasteiger partial charge in [0.05, 0.1) is 32.1 Å². The molecule has 0 atom stereocenters. The number of amides is 1. The summed E-state index contributed by atoms with van der Waals surface area (Å²) in [6, 6.07) is 9.29. The normalized spacial score (nSPS) is 11.1. The van der Waals surface area contributed by atoms with E-state index in [1.165, 1.54) is 22.7 Å². The van der Waals surface area contributed by atoms with E-state index in [0.717, 1.165) is 21.7 Å². The first kappa shape index (κ1) is 19.8. The van der Waals surface area contributed by atoms with Gasteiger partial charge in [0.2, 0.25) is 5.91 Å². The minimum atomic E-state index is -0.132. The molecule has 1 N–H and O–H groups in total. The molecular formula is C20H17ClN4O2S2. The molecule has 1 aromatic carbocycles. The van der Waals surface area contributed by atoms with Crippen molar-refractivity contribution in [3.05, 3.63) is 62.3 Å². The third-order valence-corrected chi connectivity index (χ3v) is 6.45. The number of anilines is 1. The number of aromatic nitrogens is 3. The quantitative estimate of drug-likeness (QED) is 0.456. The van der Waals surface area contributed by atoms with Crippen molar-refractivity contribution < 1.29 is 4.79 Å². The van der Waals surface area contributed by atoms with Crippen LogP contribution < -0.4 is 10.9 Å². The average molecular weight is 445 g/mol. The Balaban J connectivity index is 1.35. The molecule has 0 spiro atoms. The summed E-state index contributed by atoms with van der Waals surface area (Å²) >= 11 is 8.77. The maximum absolute atomic E-state index is 12.6. The molecule has 0 fully saturated rings. The van der Waals surface area contributed by atoms with Crippen molar-refractivity contribution >= 4 is 56.2 Å². The molecule has 0 aliphatic carbocycles. The highest BCUT2D eigenvalue weighted by Gasteiger charge is 2.11. The van der Waals surface area contributed by atoms with Crippen LogP contribution in [0.3, 0.4) is 0 Å². The monoisotopic (exact) mass is 444 g/mol. The number of aryl methyl sites for hydroxylation is 2. The van der Waals surface area contributed by atoms with E-state index in [0.29, 0.717) is 27.8 Å². The third-order valence-electron chi connectivity index (χ3n) is 4.43. The van der Waals surface area contributed by atoms with Crippen molar-refractivity contribution in [3.8, 4) is 10.6 Å². The topological polar surface area (TPSA) is 76.9 Å². The predicted octanol–water partition coefficient (Wildman–Crippen LogP) is 4.96. The molecule has 0 bridgehead atoms. The molecule has 0 saturated heterocycles. The second-order valence-corrected chi connectivity index (χ2v) is 9.08. The van der Waals surface area contributed by atoms with E-state index in [2.05, 4.69) is 15.3 Å². The molecule has 0 unspecified atom stereocenters. The zero-order valence-electron chi connectivity index (χ0n) is 15.5. The van der Waals surface area contributed by atoms with E-state index in [1.54, 1.807) is 17.0 Å². The number of para-hydroxylation sites is 1. The average Bonchev–Trinajstić information content (AvgIpc) is 3.33. The van der Waals surface area contributed by atoms with Crippen LogP contribution in [0.2, 0.25) is 4.34 Å². The van der Waals surface area contributed by atoms with Gasteiger partial charge in [-0.3, -0.25) is 14.2 Å². The highest BCUT2D eigenvalue weighted by atomic mass is 35.5. The van der Waals surface area contributed by atoms with Crippen LogP contribution in [0.5, 0.6) is 0 Å². The number of nitrogens with one attached hydrogen (secondary N) is 1. The SMILES string of the molecule is Cc1cccc2c(=O)n(CCCC(=O)Nc3nc(-c4ccc(Cl)s4)cs3)cnc12. The Bertz CT molecular complexity index is 1240. The number of hydrogen-bond donors (Lipinski definition) is 1. The Morgan fingerprint density at radius 2 is 2.14 bits per heavy atom. The van der Waals surface area contributed by atoms with Gasteiger partial charge in [-0.1, -0.05) is 23.7 Å². The van der Waals surface area contributed by atoms with Crippen molar-refractivity contribution in [3.63, 3.8) is 0 Å². The summed E-state index contributed by atoms with van der Waals surface area (Å²) in [5.74, 6) is -0.132. The Labute approximate surface area is 179 Å². The minimum Gasteiger partial charge on any atom is -0.302 e. The van der Waals surface area contributed by atoms with Gasteiger partial charge in [0.15, 0.2) is 5.13 Å². The van der Waals surface area contributed by atoms with Gasteiger partial charge in [-0.15, -0.1) is 22.7 Å². The second kappa shape index (κ2) is 8.44. The minimum absolute atomic E-state index is 0.0849. The lowest BCUT2D eigenvalue weighted by Crippen LogP contribution is -2.22. The number of carbonyl (C=O) groups excluding carboxylic acids is 1. The molecule has 4 aromatic rings. The first-order valence-corrected chi connectivity index (χ1v) is 11.0. The van der Waals surface area contributed by atoms with E-state index in [4.69, 9.17) is 11.6 Å². The molecule has 0 radical (unpaired) electrons. The third kappa shape index (κ3) is 4.39. The molecule has 3 aromatic heterocycles. The van der Waals surface area contributed by atoms with Gasteiger partial charge in [-0.25, -0.2) is 9.97 Å². The Hall–Kier alpha value is -2.55. The summed E-state index contributed by atoms with van der Waals surface area (Å²) < 4.78 is 2.25. The van der Waals surface area contributed by atoms with E-state index >= 15 is 0 Å². The van der Waals surface area contributed by atoms with Crippen LogP contribution in [0.15, 0.2) is 46.8 Å². The summed E-state index contributed by atoms with van der Waals surface area (Å²) in [6.45, 7) is 2.36. The molecule has 148 valence electrons. The van der Waals surface area contributed by atoms with Crippen LogP contribution in [0, 0.1) is 6.92 Å². The molecular weight excluding hydrogens is 428 g/mol. The van der Waals surface area contributed by atoms with Gasteiger partial charge in [0.1, 0.15) is 0 Å². The molecule has 9 heteroatoms. The number of fused-ring (bicyclic) bond motifs is 1. The zero-order valence-corrected chi connectivity index (χ0v) is 17.9. The van der Waals surface area contributed by atoms with Crippen LogP contribution in [0.4, 0.5) is 5.13 Å². The molecule has 1 amide bonds. The number of halogens is 1. The molecule has 4 rings (SSSR count). The Morgan fingerprint density at radius 1 is 1.28 bits per heavy atom. The van der Waals surface area contributed by atoms with Gasteiger partial charge in [0, 0.05) is 18.3 Å². The summed E-state index contributed by atoms with van der Waals surface area (Å²) in [4.78, 5) is 34.6. The fourth-order valence-corrected chi connectivity index (χ4v) is 4.79. The number of thiazole rings is 1. The van der Waals surface area contributed by atoms with Crippen molar-refractivity contribution in [2.45, 2.75) is 26.3 Å². The largest absolute Gasteiger partial charge is 0.302 e. The summed E-state index contributed by atoms with van der Waals surface area (Å²) in [7, 11) is 0. The highest BCUT2D eigenvalue weighted by Crippen LogP contribution is 2.32. The van der Waals surface area contributed by atoms with Gasteiger partial charge < -0.3 is 5.32 Å². The van der Waals surface area contributed by atoms with Crippen LogP contribution >= 0.6 is 34.3 Å². The number of hydrogen-bond acceptors (Lipinski definition) is 6. The van der Waals surface area contributed by atoms with Gasteiger partial charge in [0.25, 0.3) is 5.56 Å². The van der Waals surface area contributed by atoms with Crippen molar-refractivity contribution in [2.75, 3.05) is 5.32 Å². The van der Waals surface area contributed by atoms with Crippen molar-refractivity contribution in [1.82, 2.24) is 14.5 Å². The van der Waals surface area contributed by atoms with Crippen molar-refractivity contribution in [2.24, 2.45) is 0 Å². The van der Waals surface area contributed by atoms with Crippen molar-refractivity contribution in [1.29, 1.82) is 0 Å². The van der Waals surface area contributed by atoms with E-state index in [9.17, 15) is 9.59 Å². The number of rotatable bonds is 6.